The van der Waals surface area contributed by atoms with Crippen LogP contribution in [-0.4, -0.2) is 13.1 Å². The molecule has 0 amide bonds. The first-order valence-electron chi connectivity index (χ1n) is 6.17. The zero-order chi connectivity index (χ0) is 13.7. The van der Waals surface area contributed by atoms with Gasteiger partial charge < -0.3 is 10.5 Å². The number of esters is 1. The summed E-state index contributed by atoms with van der Waals surface area (Å²) in [5.74, 6) is -0.237. The van der Waals surface area contributed by atoms with Crippen molar-refractivity contribution in [2.75, 3.05) is 12.8 Å². The van der Waals surface area contributed by atoms with Crippen LogP contribution < -0.4 is 5.73 Å². The molecule has 0 aromatic heterocycles. The lowest BCUT2D eigenvalue weighted by atomic mass is 9.97. The second-order valence-corrected chi connectivity index (χ2v) is 4.44. The van der Waals surface area contributed by atoms with Crippen molar-refractivity contribution in [2.45, 2.75) is 12.8 Å². The number of nitrogen functional groups attached to an aromatic ring is 1. The second-order valence-electron chi connectivity index (χ2n) is 4.44. The molecule has 0 saturated heterocycles. The van der Waals surface area contributed by atoms with Gasteiger partial charge in [-0.2, -0.15) is 0 Å². The maximum Gasteiger partial charge on any atom is 0.309 e. The highest BCUT2D eigenvalue weighted by Crippen LogP contribution is 2.18. The van der Waals surface area contributed by atoms with Crippen LogP contribution in [0.1, 0.15) is 16.7 Å². The van der Waals surface area contributed by atoms with Crippen LogP contribution in [-0.2, 0) is 22.4 Å². The summed E-state index contributed by atoms with van der Waals surface area (Å²) in [6.45, 7) is 0. The molecule has 0 atom stereocenters. The molecular formula is C16H17NO2. The van der Waals surface area contributed by atoms with Crippen molar-refractivity contribution in [3.63, 3.8) is 0 Å². The molecule has 2 N–H and O–H groups in total. The van der Waals surface area contributed by atoms with E-state index in [1.54, 1.807) is 0 Å². The fourth-order valence-electron chi connectivity index (χ4n) is 2.03. The van der Waals surface area contributed by atoms with Gasteiger partial charge in [-0.05, 0) is 35.2 Å². The van der Waals surface area contributed by atoms with E-state index in [-0.39, 0.29) is 12.4 Å². The number of rotatable bonds is 4. The summed E-state index contributed by atoms with van der Waals surface area (Å²) in [5, 5.41) is 0. The number of carbonyl (C=O) groups excluding carboxylic acids is 1. The predicted molar refractivity (Wildman–Crippen MR) is 75.8 cm³/mol. The van der Waals surface area contributed by atoms with Crippen molar-refractivity contribution in [1.29, 1.82) is 0 Å². The Bertz CT molecular complexity index is 564. The minimum atomic E-state index is -0.237. The van der Waals surface area contributed by atoms with Gasteiger partial charge in [0.05, 0.1) is 13.5 Å². The van der Waals surface area contributed by atoms with E-state index in [2.05, 4.69) is 12.1 Å². The Kier molecular flexibility index (Phi) is 4.18. The first-order valence-corrected chi connectivity index (χ1v) is 6.17. The standard InChI is InChI=1S/C16H17NO2/c1-19-16(18)11-13-7-8-15(17)10-14(13)9-12-5-3-2-4-6-12/h2-8,10H,9,11,17H2,1H3. The summed E-state index contributed by atoms with van der Waals surface area (Å²) in [4.78, 5) is 11.4. The van der Waals surface area contributed by atoms with Crippen LogP contribution in [0.2, 0.25) is 0 Å². The quantitative estimate of drug-likeness (QED) is 0.675. The Labute approximate surface area is 113 Å². The topological polar surface area (TPSA) is 52.3 Å². The van der Waals surface area contributed by atoms with Gasteiger partial charge in [-0.3, -0.25) is 4.79 Å². The number of nitrogens with two attached hydrogens (primary N) is 1. The van der Waals surface area contributed by atoms with Gasteiger partial charge in [0.25, 0.3) is 0 Å². The smallest absolute Gasteiger partial charge is 0.309 e. The minimum absolute atomic E-state index is 0.237. The molecule has 98 valence electrons. The molecule has 2 aromatic rings. The Morgan fingerprint density at radius 2 is 1.84 bits per heavy atom. The van der Waals surface area contributed by atoms with Gasteiger partial charge in [-0.1, -0.05) is 36.4 Å². The molecule has 0 aliphatic carbocycles. The second kappa shape index (κ2) is 6.05. The van der Waals surface area contributed by atoms with Gasteiger partial charge in [0.1, 0.15) is 0 Å². The summed E-state index contributed by atoms with van der Waals surface area (Å²) in [7, 11) is 1.40. The van der Waals surface area contributed by atoms with E-state index in [4.69, 9.17) is 10.5 Å². The first kappa shape index (κ1) is 13.1. The molecule has 0 heterocycles. The summed E-state index contributed by atoms with van der Waals surface area (Å²) < 4.78 is 4.72. The monoisotopic (exact) mass is 255 g/mol. The lowest BCUT2D eigenvalue weighted by Crippen LogP contribution is -2.07. The maximum atomic E-state index is 11.4. The SMILES string of the molecule is COC(=O)Cc1ccc(N)cc1Cc1ccccc1. The number of hydrogen-bond donors (Lipinski definition) is 1. The lowest BCUT2D eigenvalue weighted by Gasteiger charge is -2.10. The highest BCUT2D eigenvalue weighted by molar-refractivity contribution is 5.73. The van der Waals surface area contributed by atoms with Crippen molar-refractivity contribution >= 4 is 11.7 Å². The first-order chi connectivity index (χ1) is 9.19. The summed E-state index contributed by atoms with van der Waals surface area (Å²) in [6.07, 6.45) is 1.04. The number of hydrogen-bond acceptors (Lipinski definition) is 3. The molecule has 0 bridgehead atoms. The van der Waals surface area contributed by atoms with Crippen molar-refractivity contribution in [3.05, 3.63) is 65.2 Å². The van der Waals surface area contributed by atoms with Crippen molar-refractivity contribution in [1.82, 2.24) is 0 Å². The zero-order valence-corrected chi connectivity index (χ0v) is 10.9. The highest BCUT2D eigenvalue weighted by atomic mass is 16.5. The Morgan fingerprint density at radius 1 is 1.11 bits per heavy atom. The van der Waals surface area contributed by atoms with E-state index in [0.717, 1.165) is 17.5 Å². The van der Waals surface area contributed by atoms with E-state index in [1.165, 1.54) is 12.7 Å². The molecule has 0 aliphatic heterocycles. The van der Waals surface area contributed by atoms with Crippen molar-refractivity contribution in [2.24, 2.45) is 0 Å². The molecule has 0 aliphatic rings. The molecule has 2 aromatic carbocycles. The van der Waals surface area contributed by atoms with Gasteiger partial charge in [0, 0.05) is 5.69 Å². The molecule has 0 fully saturated rings. The zero-order valence-electron chi connectivity index (χ0n) is 10.9. The molecule has 0 spiro atoms. The number of ether oxygens (including phenoxy) is 1. The van der Waals surface area contributed by atoms with E-state index in [1.807, 2.05) is 36.4 Å². The normalized spacial score (nSPS) is 10.2. The van der Waals surface area contributed by atoms with Crippen LogP contribution in [0.15, 0.2) is 48.5 Å². The van der Waals surface area contributed by atoms with E-state index < -0.39 is 0 Å². The summed E-state index contributed by atoms with van der Waals surface area (Å²) in [6, 6.07) is 15.7. The molecule has 2 rings (SSSR count). The van der Waals surface area contributed by atoms with Crippen molar-refractivity contribution < 1.29 is 9.53 Å². The van der Waals surface area contributed by atoms with Crippen LogP contribution in [0.4, 0.5) is 5.69 Å². The largest absolute Gasteiger partial charge is 0.469 e. The third kappa shape index (κ3) is 3.58. The fourth-order valence-corrected chi connectivity index (χ4v) is 2.03. The number of methoxy groups -OCH3 is 1. The van der Waals surface area contributed by atoms with Gasteiger partial charge in [0.15, 0.2) is 0 Å². The molecule has 0 saturated carbocycles. The Hall–Kier alpha value is -2.29. The highest BCUT2D eigenvalue weighted by Gasteiger charge is 2.09. The van der Waals surface area contributed by atoms with E-state index >= 15 is 0 Å². The minimum Gasteiger partial charge on any atom is -0.469 e. The van der Waals surface area contributed by atoms with E-state index in [9.17, 15) is 4.79 Å². The maximum absolute atomic E-state index is 11.4. The molecule has 0 unspecified atom stereocenters. The average molecular weight is 255 g/mol. The van der Waals surface area contributed by atoms with E-state index in [0.29, 0.717) is 5.69 Å². The number of carbonyl (C=O) groups is 1. The fraction of sp³-hybridized carbons (Fsp3) is 0.188. The third-order valence-corrected chi connectivity index (χ3v) is 3.03. The van der Waals surface area contributed by atoms with Crippen LogP contribution >= 0.6 is 0 Å². The van der Waals surface area contributed by atoms with Gasteiger partial charge >= 0.3 is 5.97 Å². The molecule has 0 radical (unpaired) electrons. The average Bonchev–Trinajstić information content (AvgIpc) is 2.43. The Balaban J connectivity index is 2.27. The lowest BCUT2D eigenvalue weighted by molar-refractivity contribution is -0.139. The molecule has 3 nitrogen and oxygen atoms in total. The summed E-state index contributed by atoms with van der Waals surface area (Å²) >= 11 is 0. The van der Waals surface area contributed by atoms with Gasteiger partial charge in [-0.15, -0.1) is 0 Å². The molecular weight excluding hydrogens is 238 g/mol. The van der Waals surface area contributed by atoms with Crippen LogP contribution in [0.5, 0.6) is 0 Å². The van der Waals surface area contributed by atoms with Crippen LogP contribution in [0.25, 0.3) is 0 Å². The Morgan fingerprint density at radius 3 is 2.53 bits per heavy atom. The molecule has 19 heavy (non-hydrogen) atoms. The number of anilines is 1. The van der Waals surface area contributed by atoms with Gasteiger partial charge in [-0.25, -0.2) is 0 Å². The third-order valence-electron chi connectivity index (χ3n) is 3.03. The van der Waals surface area contributed by atoms with Crippen LogP contribution in [0.3, 0.4) is 0 Å². The van der Waals surface area contributed by atoms with Crippen LogP contribution in [0, 0.1) is 0 Å². The van der Waals surface area contributed by atoms with Gasteiger partial charge in [0.2, 0.25) is 0 Å². The van der Waals surface area contributed by atoms with Crippen molar-refractivity contribution in [3.8, 4) is 0 Å². The molecule has 3 heteroatoms. The summed E-state index contributed by atoms with van der Waals surface area (Å²) in [5.41, 5.74) is 9.76. The predicted octanol–water partition coefficient (Wildman–Crippen LogP) is 2.58. The number of benzene rings is 2.